The lowest BCUT2D eigenvalue weighted by molar-refractivity contribution is 0.0989. The predicted molar refractivity (Wildman–Crippen MR) is 121 cm³/mol. The van der Waals surface area contributed by atoms with Gasteiger partial charge in [0.25, 0.3) is 0 Å². The van der Waals surface area contributed by atoms with Gasteiger partial charge < -0.3 is 0 Å². The molecule has 0 aliphatic carbocycles. The number of para-hydroxylation sites is 1. The van der Waals surface area contributed by atoms with Crippen LogP contribution < -0.4 is 0 Å². The Kier molecular flexibility index (Phi) is 5.81. The van der Waals surface area contributed by atoms with E-state index in [9.17, 15) is 4.79 Å². The maximum Gasteiger partial charge on any atom is 0.196 e. The molecule has 0 bridgehead atoms. The second-order valence-corrected chi connectivity index (χ2v) is 8.41. The summed E-state index contributed by atoms with van der Waals surface area (Å²) in [6.45, 7) is 5.99. The molecule has 1 unspecified atom stereocenters. The Morgan fingerprint density at radius 3 is 2.03 bits per heavy atom. The maximum absolute atomic E-state index is 13.5. The van der Waals surface area contributed by atoms with Gasteiger partial charge in [0.2, 0.25) is 0 Å². The number of aromatic nitrogens is 3. The predicted octanol–water partition coefficient (Wildman–Crippen LogP) is 5.91. The van der Waals surface area contributed by atoms with Gasteiger partial charge in [0, 0.05) is 11.3 Å². The first-order valence-electron chi connectivity index (χ1n) is 9.84. The Labute approximate surface area is 181 Å². The van der Waals surface area contributed by atoms with Gasteiger partial charge in [-0.15, -0.1) is 10.2 Å². The van der Waals surface area contributed by atoms with Crippen LogP contribution in [-0.4, -0.2) is 20.5 Å². The van der Waals surface area contributed by atoms with Crippen molar-refractivity contribution in [3.05, 3.63) is 107 Å². The number of hydrogen-bond acceptors (Lipinski definition) is 4. The van der Waals surface area contributed by atoms with E-state index >= 15 is 0 Å². The molecule has 0 radical (unpaired) electrons. The minimum Gasteiger partial charge on any atom is -0.293 e. The summed E-state index contributed by atoms with van der Waals surface area (Å²) >= 11 is 1.44. The first kappa shape index (κ1) is 20.1. The van der Waals surface area contributed by atoms with Crippen LogP contribution in [0, 0.1) is 20.8 Å². The van der Waals surface area contributed by atoms with E-state index in [0.717, 1.165) is 28.2 Å². The second kappa shape index (κ2) is 8.67. The van der Waals surface area contributed by atoms with Crippen LogP contribution in [-0.2, 0) is 0 Å². The molecule has 4 aromatic rings. The van der Waals surface area contributed by atoms with E-state index in [4.69, 9.17) is 0 Å². The van der Waals surface area contributed by atoms with Crippen molar-refractivity contribution in [1.29, 1.82) is 0 Å². The zero-order chi connectivity index (χ0) is 21.1. The molecule has 0 aliphatic heterocycles. The van der Waals surface area contributed by atoms with E-state index in [1.807, 2.05) is 104 Å². The SMILES string of the molecule is Cc1ccc(C(=O)C(Sc2nnc(C)n2-c2ccccc2)c2ccc(C)cc2)cc1. The summed E-state index contributed by atoms with van der Waals surface area (Å²) in [5, 5.41) is 8.95. The molecular formula is C25H23N3OS. The number of Topliss-reactive ketones (excluding diaryl/α,β-unsaturated/α-hetero) is 1. The van der Waals surface area contributed by atoms with E-state index in [-0.39, 0.29) is 5.78 Å². The van der Waals surface area contributed by atoms with E-state index in [1.54, 1.807) is 0 Å². The zero-order valence-electron chi connectivity index (χ0n) is 17.2. The molecule has 30 heavy (non-hydrogen) atoms. The van der Waals surface area contributed by atoms with Crippen LogP contribution in [0.3, 0.4) is 0 Å². The highest BCUT2D eigenvalue weighted by molar-refractivity contribution is 8.00. The number of thioether (sulfide) groups is 1. The van der Waals surface area contributed by atoms with Gasteiger partial charge in [-0.3, -0.25) is 9.36 Å². The number of rotatable bonds is 6. The average Bonchev–Trinajstić information content (AvgIpc) is 3.13. The Balaban J connectivity index is 1.75. The summed E-state index contributed by atoms with van der Waals surface area (Å²) in [6.07, 6.45) is 0. The highest BCUT2D eigenvalue weighted by Gasteiger charge is 2.26. The van der Waals surface area contributed by atoms with E-state index in [1.165, 1.54) is 11.8 Å². The lowest BCUT2D eigenvalue weighted by atomic mass is 10.0. The first-order valence-corrected chi connectivity index (χ1v) is 10.7. The highest BCUT2D eigenvalue weighted by atomic mass is 32.2. The molecule has 0 aliphatic rings. The lowest BCUT2D eigenvalue weighted by Crippen LogP contribution is -2.11. The topological polar surface area (TPSA) is 47.8 Å². The quantitative estimate of drug-likeness (QED) is 0.291. The molecule has 5 heteroatoms. The number of aryl methyl sites for hydroxylation is 3. The summed E-state index contributed by atoms with van der Waals surface area (Å²) in [6, 6.07) is 25.8. The van der Waals surface area contributed by atoms with Crippen molar-refractivity contribution in [2.75, 3.05) is 0 Å². The third kappa shape index (κ3) is 4.21. The molecule has 4 nitrogen and oxygen atoms in total. The van der Waals surface area contributed by atoms with Crippen molar-refractivity contribution in [1.82, 2.24) is 14.8 Å². The molecule has 0 spiro atoms. The molecule has 4 rings (SSSR count). The zero-order valence-corrected chi connectivity index (χ0v) is 18.1. The molecule has 1 heterocycles. The van der Waals surface area contributed by atoms with Crippen molar-refractivity contribution in [3.8, 4) is 5.69 Å². The number of ketones is 1. The van der Waals surface area contributed by atoms with Gasteiger partial charge in [0.1, 0.15) is 11.1 Å². The molecule has 0 amide bonds. The van der Waals surface area contributed by atoms with Crippen molar-refractivity contribution >= 4 is 17.5 Å². The minimum absolute atomic E-state index is 0.0594. The number of nitrogens with zero attached hydrogens (tertiary/aromatic N) is 3. The van der Waals surface area contributed by atoms with Crippen LogP contribution in [0.4, 0.5) is 0 Å². The molecule has 0 fully saturated rings. The summed E-state index contributed by atoms with van der Waals surface area (Å²) in [5.41, 5.74) is 4.92. The van der Waals surface area contributed by atoms with Gasteiger partial charge in [-0.1, -0.05) is 89.6 Å². The Morgan fingerprint density at radius 1 is 0.800 bits per heavy atom. The van der Waals surface area contributed by atoms with Crippen LogP contribution in [0.5, 0.6) is 0 Å². The monoisotopic (exact) mass is 413 g/mol. The fourth-order valence-corrected chi connectivity index (χ4v) is 4.46. The molecule has 3 aromatic carbocycles. The Morgan fingerprint density at radius 2 is 1.40 bits per heavy atom. The molecule has 1 aromatic heterocycles. The van der Waals surface area contributed by atoms with Crippen LogP contribution in [0.15, 0.2) is 84.0 Å². The minimum atomic E-state index is -0.417. The van der Waals surface area contributed by atoms with Gasteiger partial charge >= 0.3 is 0 Å². The summed E-state index contributed by atoms with van der Waals surface area (Å²) < 4.78 is 1.99. The fourth-order valence-electron chi connectivity index (χ4n) is 3.28. The van der Waals surface area contributed by atoms with Crippen molar-refractivity contribution < 1.29 is 4.79 Å². The third-order valence-electron chi connectivity index (χ3n) is 4.99. The molecule has 0 N–H and O–H groups in total. The standard InChI is InChI=1S/C25H23N3OS/c1-17-9-13-20(14-10-17)23(29)24(21-15-11-18(2)12-16-21)30-25-27-26-19(3)28(25)22-7-5-4-6-8-22/h4-16,24H,1-3H3. The van der Waals surface area contributed by atoms with E-state index < -0.39 is 5.25 Å². The smallest absolute Gasteiger partial charge is 0.196 e. The Hall–Kier alpha value is -3.18. The van der Waals surface area contributed by atoms with E-state index in [2.05, 4.69) is 10.2 Å². The third-order valence-corrected chi connectivity index (χ3v) is 6.18. The molecule has 150 valence electrons. The van der Waals surface area contributed by atoms with Crippen molar-refractivity contribution in [2.45, 2.75) is 31.2 Å². The summed E-state index contributed by atoms with van der Waals surface area (Å²) in [4.78, 5) is 13.5. The lowest BCUT2D eigenvalue weighted by Gasteiger charge is -2.17. The Bertz CT molecular complexity index is 1150. The van der Waals surface area contributed by atoms with E-state index in [0.29, 0.717) is 10.7 Å². The van der Waals surface area contributed by atoms with Crippen LogP contribution in [0.2, 0.25) is 0 Å². The van der Waals surface area contributed by atoms with Gasteiger partial charge in [0.05, 0.1) is 0 Å². The number of carbonyl (C=O) groups is 1. The normalized spacial score (nSPS) is 12.0. The fraction of sp³-hybridized carbons (Fsp3) is 0.160. The summed E-state index contributed by atoms with van der Waals surface area (Å²) in [5.74, 6) is 0.846. The van der Waals surface area contributed by atoms with Crippen LogP contribution in [0.25, 0.3) is 5.69 Å². The molecule has 0 saturated heterocycles. The van der Waals surface area contributed by atoms with Gasteiger partial charge in [0.15, 0.2) is 10.9 Å². The van der Waals surface area contributed by atoms with Gasteiger partial charge in [-0.05, 0) is 38.5 Å². The van der Waals surface area contributed by atoms with Gasteiger partial charge in [-0.2, -0.15) is 0 Å². The van der Waals surface area contributed by atoms with Gasteiger partial charge in [-0.25, -0.2) is 0 Å². The summed E-state index contributed by atoms with van der Waals surface area (Å²) in [7, 11) is 0. The average molecular weight is 414 g/mol. The highest BCUT2D eigenvalue weighted by Crippen LogP contribution is 2.38. The number of benzene rings is 3. The molecule has 0 saturated carbocycles. The molecular weight excluding hydrogens is 390 g/mol. The second-order valence-electron chi connectivity index (χ2n) is 7.34. The number of carbonyl (C=O) groups excluding carboxylic acids is 1. The largest absolute Gasteiger partial charge is 0.293 e. The number of hydrogen-bond donors (Lipinski definition) is 0. The van der Waals surface area contributed by atoms with Crippen LogP contribution in [0.1, 0.15) is 38.1 Å². The first-order chi connectivity index (χ1) is 14.5. The molecule has 1 atom stereocenters. The van der Waals surface area contributed by atoms with Crippen molar-refractivity contribution in [2.24, 2.45) is 0 Å². The maximum atomic E-state index is 13.5. The van der Waals surface area contributed by atoms with Crippen LogP contribution >= 0.6 is 11.8 Å². The van der Waals surface area contributed by atoms with Crippen molar-refractivity contribution in [3.63, 3.8) is 0 Å².